The summed E-state index contributed by atoms with van der Waals surface area (Å²) in [6.07, 6.45) is 6.11. The maximum atomic E-state index is 12.3. The zero-order chi connectivity index (χ0) is 16.5. The second-order valence-corrected chi connectivity index (χ2v) is 6.18. The van der Waals surface area contributed by atoms with E-state index in [9.17, 15) is 4.79 Å². The zero-order valence-corrected chi connectivity index (χ0v) is 13.5. The summed E-state index contributed by atoms with van der Waals surface area (Å²) in [6, 6.07) is 9.85. The number of nitrogens with one attached hydrogen (secondary N) is 2. The summed E-state index contributed by atoms with van der Waals surface area (Å²) in [5.41, 5.74) is 3.45. The van der Waals surface area contributed by atoms with E-state index in [1.807, 2.05) is 41.9 Å². The van der Waals surface area contributed by atoms with Gasteiger partial charge in [-0.15, -0.1) is 0 Å². The lowest BCUT2D eigenvalue weighted by Gasteiger charge is -2.06. The summed E-state index contributed by atoms with van der Waals surface area (Å²) in [7, 11) is 0. The van der Waals surface area contributed by atoms with Crippen LogP contribution in [0.15, 0.2) is 42.7 Å². The molecule has 2 heterocycles. The summed E-state index contributed by atoms with van der Waals surface area (Å²) >= 11 is 0. The number of aromatic nitrogens is 4. The van der Waals surface area contributed by atoms with Gasteiger partial charge in [-0.2, -0.15) is 5.10 Å². The van der Waals surface area contributed by atoms with Crippen LogP contribution in [0.5, 0.6) is 0 Å². The van der Waals surface area contributed by atoms with Crippen molar-refractivity contribution in [3.05, 3.63) is 59.9 Å². The minimum atomic E-state index is -0.0725. The van der Waals surface area contributed by atoms with Gasteiger partial charge in [-0.05, 0) is 31.9 Å². The molecule has 1 aliphatic rings. The molecule has 0 bridgehead atoms. The van der Waals surface area contributed by atoms with Crippen LogP contribution < -0.4 is 5.32 Å². The number of benzene rings is 1. The maximum Gasteiger partial charge on any atom is 0.230 e. The van der Waals surface area contributed by atoms with Crippen LogP contribution >= 0.6 is 0 Å². The summed E-state index contributed by atoms with van der Waals surface area (Å²) in [5, 5.41) is 7.30. The van der Waals surface area contributed by atoms with Crippen LogP contribution in [0.4, 0.5) is 5.69 Å². The van der Waals surface area contributed by atoms with Crippen molar-refractivity contribution in [1.29, 1.82) is 0 Å². The summed E-state index contributed by atoms with van der Waals surface area (Å²) in [5.74, 6) is 1.50. The summed E-state index contributed by atoms with van der Waals surface area (Å²) < 4.78 is 1.82. The second-order valence-electron chi connectivity index (χ2n) is 6.18. The number of amides is 1. The maximum absolute atomic E-state index is 12.3. The summed E-state index contributed by atoms with van der Waals surface area (Å²) in [6.45, 7) is 1.94. The van der Waals surface area contributed by atoms with E-state index in [0.29, 0.717) is 5.92 Å². The van der Waals surface area contributed by atoms with Crippen molar-refractivity contribution in [3.8, 4) is 5.69 Å². The Morgan fingerprint density at radius 1 is 1.29 bits per heavy atom. The van der Waals surface area contributed by atoms with Crippen molar-refractivity contribution >= 4 is 11.6 Å². The van der Waals surface area contributed by atoms with Crippen molar-refractivity contribution in [3.63, 3.8) is 0 Å². The van der Waals surface area contributed by atoms with Gasteiger partial charge in [0, 0.05) is 17.8 Å². The van der Waals surface area contributed by atoms with E-state index in [2.05, 4.69) is 20.4 Å². The highest BCUT2D eigenvalue weighted by Gasteiger charge is 2.26. The highest BCUT2D eigenvalue weighted by Crippen LogP contribution is 2.38. The Labute approximate surface area is 139 Å². The van der Waals surface area contributed by atoms with Gasteiger partial charge in [-0.3, -0.25) is 4.79 Å². The van der Waals surface area contributed by atoms with E-state index < -0.39 is 0 Å². The van der Waals surface area contributed by atoms with Crippen molar-refractivity contribution in [2.75, 3.05) is 5.32 Å². The van der Waals surface area contributed by atoms with Crippen molar-refractivity contribution in [2.24, 2.45) is 0 Å². The number of nitrogens with zero attached hydrogens (tertiary/aromatic N) is 3. The molecule has 1 aromatic carbocycles. The fourth-order valence-corrected chi connectivity index (χ4v) is 2.76. The first-order chi connectivity index (χ1) is 11.7. The second kappa shape index (κ2) is 5.96. The average molecular weight is 321 g/mol. The van der Waals surface area contributed by atoms with Gasteiger partial charge in [0.05, 0.1) is 29.7 Å². The number of carbonyl (C=O) groups is 1. The third kappa shape index (κ3) is 2.95. The number of hydrogen-bond acceptors (Lipinski definition) is 3. The van der Waals surface area contributed by atoms with Gasteiger partial charge in [0.15, 0.2) is 0 Å². The van der Waals surface area contributed by atoms with E-state index in [1.54, 1.807) is 12.4 Å². The molecule has 0 aliphatic heterocycles. The Kier molecular flexibility index (Phi) is 3.65. The molecule has 0 spiro atoms. The third-order valence-electron chi connectivity index (χ3n) is 4.25. The lowest BCUT2D eigenvalue weighted by Crippen LogP contribution is -2.15. The molecule has 1 saturated carbocycles. The van der Waals surface area contributed by atoms with Gasteiger partial charge in [0.2, 0.25) is 5.91 Å². The Hall–Kier alpha value is -2.89. The monoisotopic (exact) mass is 321 g/mol. The molecular weight excluding hydrogens is 302 g/mol. The normalized spacial score (nSPS) is 13.9. The van der Waals surface area contributed by atoms with Crippen LogP contribution in [-0.4, -0.2) is 25.7 Å². The van der Waals surface area contributed by atoms with Crippen molar-refractivity contribution < 1.29 is 4.79 Å². The fraction of sp³-hybridized carbons (Fsp3) is 0.278. The fourth-order valence-electron chi connectivity index (χ4n) is 2.76. The molecule has 1 aliphatic carbocycles. The standard InChI is InChI=1S/C18H19N5O/c1-12-16(11-20-23(12)15-5-3-2-4-6-15)22-17(24)9-14-10-19-18(21-14)13-7-8-13/h2-6,10-11,13H,7-9H2,1H3,(H,19,21)(H,22,24). The Balaban J connectivity index is 1.44. The molecule has 6 nitrogen and oxygen atoms in total. The lowest BCUT2D eigenvalue weighted by molar-refractivity contribution is -0.115. The number of carbonyl (C=O) groups excluding carboxylic acids is 1. The number of anilines is 1. The van der Waals surface area contributed by atoms with Crippen LogP contribution in [0.25, 0.3) is 5.69 Å². The van der Waals surface area contributed by atoms with Gasteiger partial charge in [-0.25, -0.2) is 9.67 Å². The molecule has 122 valence electrons. The molecule has 0 saturated heterocycles. The predicted octanol–water partition coefficient (Wildman–Crippen LogP) is 2.96. The van der Waals surface area contributed by atoms with Crippen LogP contribution in [0.1, 0.15) is 36.0 Å². The van der Waals surface area contributed by atoms with Gasteiger partial charge in [0.25, 0.3) is 0 Å². The van der Waals surface area contributed by atoms with Gasteiger partial charge in [0.1, 0.15) is 5.82 Å². The topological polar surface area (TPSA) is 75.6 Å². The Morgan fingerprint density at radius 2 is 2.08 bits per heavy atom. The largest absolute Gasteiger partial charge is 0.345 e. The van der Waals surface area contributed by atoms with E-state index in [-0.39, 0.29) is 12.3 Å². The highest BCUT2D eigenvalue weighted by molar-refractivity contribution is 5.92. The molecule has 2 aromatic heterocycles. The first-order valence-corrected chi connectivity index (χ1v) is 8.14. The van der Waals surface area contributed by atoms with Crippen LogP contribution in [0.2, 0.25) is 0 Å². The number of H-pyrrole nitrogens is 1. The lowest BCUT2D eigenvalue weighted by atomic mass is 10.3. The minimum absolute atomic E-state index is 0.0725. The quantitative estimate of drug-likeness (QED) is 0.758. The van der Waals surface area contributed by atoms with E-state index >= 15 is 0 Å². The first-order valence-electron chi connectivity index (χ1n) is 8.14. The number of rotatable bonds is 5. The van der Waals surface area contributed by atoms with Crippen LogP contribution in [0.3, 0.4) is 0 Å². The van der Waals surface area contributed by atoms with Gasteiger partial charge >= 0.3 is 0 Å². The number of hydrogen-bond donors (Lipinski definition) is 2. The van der Waals surface area contributed by atoms with Crippen LogP contribution in [-0.2, 0) is 11.2 Å². The van der Waals surface area contributed by atoms with Gasteiger partial charge in [-0.1, -0.05) is 18.2 Å². The van der Waals surface area contributed by atoms with Crippen molar-refractivity contribution in [1.82, 2.24) is 19.7 Å². The van der Waals surface area contributed by atoms with E-state index in [1.165, 1.54) is 12.8 Å². The van der Waals surface area contributed by atoms with Gasteiger partial charge < -0.3 is 10.3 Å². The molecule has 3 aromatic rings. The molecule has 0 unspecified atom stereocenters. The molecule has 2 N–H and O–H groups in total. The highest BCUT2D eigenvalue weighted by atomic mass is 16.1. The van der Waals surface area contributed by atoms with Crippen LogP contribution in [0, 0.1) is 6.92 Å². The number of aromatic amines is 1. The van der Waals surface area contributed by atoms with E-state index in [4.69, 9.17) is 0 Å². The number of para-hydroxylation sites is 1. The van der Waals surface area contributed by atoms with Crippen molar-refractivity contribution in [2.45, 2.75) is 32.1 Å². The first kappa shape index (κ1) is 14.7. The average Bonchev–Trinajstić information content (AvgIpc) is 3.24. The SMILES string of the molecule is Cc1c(NC(=O)Cc2cnc(C3CC3)[nH]2)cnn1-c1ccccc1. The molecule has 0 radical (unpaired) electrons. The summed E-state index contributed by atoms with van der Waals surface area (Å²) in [4.78, 5) is 19.9. The molecule has 0 atom stereocenters. The molecule has 24 heavy (non-hydrogen) atoms. The molecule has 1 amide bonds. The minimum Gasteiger partial charge on any atom is -0.345 e. The molecule has 6 heteroatoms. The molecular formula is C18H19N5O. The molecule has 4 rings (SSSR count). The number of imidazole rings is 1. The Bertz CT molecular complexity index is 861. The predicted molar refractivity (Wildman–Crippen MR) is 91.2 cm³/mol. The smallest absolute Gasteiger partial charge is 0.230 e. The zero-order valence-electron chi connectivity index (χ0n) is 13.5. The Morgan fingerprint density at radius 3 is 2.83 bits per heavy atom. The molecule has 1 fully saturated rings. The van der Waals surface area contributed by atoms with E-state index in [0.717, 1.165) is 28.6 Å². The third-order valence-corrected chi connectivity index (χ3v) is 4.25.